The van der Waals surface area contributed by atoms with Crippen molar-refractivity contribution in [1.29, 1.82) is 0 Å². The van der Waals surface area contributed by atoms with Crippen molar-refractivity contribution in [3.8, 4) is 28.2 Å². The monoisotopic (exact) mass is 799 g/mol. The molecular weight excluding hydrogens is 763 g/mol. The smallest absolute Gasteiger partial charge is 0.0789 e. The van der Waals surface area contributed by atoms with Gasteiger partial charge in [0, 0.05) is 49.3 Å². The fourth-order valence-corrected chi connectivity index (χ4v) is 11.0. The van der Waals surface area contributed by atoms with Crippen LogP contribution in [-0.4, -0.2) is 13.7 Å². The minimum atomic E-state index is 1.14. The zero-order valence-corrected chi connectivity index (χ0v) is 34.2. The molecule has 0 unspecified atom stereocenters. The first-order chi connectivity index (χ1) is 31.3. The van der Waals surface area contributed by atoms with Crippen LogP contribution in [0.25, 0.3) is 126 Å². The van der Waals surface area contributed by atoms with E-state index in [2.05, 4.69) is 238 Å². The maximum absolute atomic E-state index is 2.54. The van der Waals surface area contributed by atoms with Gasteiger partial charge in [0.05, 0.1) is 38.8 Å². The number of hydrogen-bond donors (Lipinski definition) is 0. The van der Waals surface area contributed by atoms with E-state index >= 15 is 0 Å². The number of nitrogens with zero attached hydrogens (tertiary/aromatic N) is 3. The molecule has 0 saturated carbocycles. The first-order valence-corrected chi connectivity index (χ1v) is 21.8. The van der Waals surface area contributed by atoms with E-state index in [1.54, 1.807) is 0 Å². The number of fused-ring (bicyclic) bond motifs is 16. The second-order valence-electron chi connectivity index (χ2n) is 16.8. The summed E-state index contributed by atoms with van der Waals surface area (Å²) in [5.74, 6) is 0. The summed E-state index contributed by atoms with van der Waals surface area (Å²) in [4.78, 5) is 0. The summed E-state index contributed by atoms with van der Waals surface area (Å²) in [5, 5.41) is 15.1. The molecule has 0 N–H and O–H groups in total. The summed E-state index contributed by atoms with van der Waals surface area (Å²) in [7, 11) is 0. The lowest BCUT2D eigenvalue weighted by Gasteiger charge is -2.17. The zero-order valence-electron chi connectivity index (χ0n) is 34.2. The lowest BCUT2D eigenvalue weighted by molar-refractivity contribution is 1.15. The van der Waals surface area contributed by atoms with Crippen molar-refractivity contribution in [2.45, 2.75) is 0 Å². The van der Waals surface area contributed by atoms with Crippen LogP contribution in [0.15, 0.2) is 224 Å². The zero-order chi connectivity index (χ0) is 41.2. The van der Waals surface area contributed by atoms with Crippen LogP contribution in [0, 0.1) is 0 Å². The third-order valence-electron chi connectivity index (χ3n) is 13.6. The van der Waals surface area contributed by atoms with Crippen molar-refractivity contribution in [3.63, 3.8) is 0 Å². The van der Waals surface area contributed by atoms with Crippen molar-refractivity contribution in [2.75, 3.05) is 0 Å². The number of para-hydroxylation sites is 5. The molecule has 0 atom stereocenters. The van der Waals surface area contributed by atoms with Gasteiger partial charge in [0.1, 0.15) is 0 Å². The van der Waals surface area contributed by atoms with Crippen molar-refractivity contribution in [3.05, 3.63) is 224 Å². The molecule has 0 spiro atoms. The van der Waals surface area contributed by atoms with Gasteiger partial charge in [0.2, 0.25) is 0 Å². The summed E-state index contributed by atoms with van der Waals surface area (Å²) in [6.07, 6.45) is 0. The van der Waals surface area contributed by atoms with E-state index in [1.807, 2.05) is 0 Å². The first kappa shape index (κ1) is 34.3. The summed E-state index contributed by atoms with van der Waals surface area (Å²) in [6.45, 7) is 0. The standard InChI is InChI=1S/C60H37N3/c1-2-16-39(17-3-1)61-55-27-13-11-25-49(55)53-37-40(31-35-58(53)61)62-56-28-14-9-23-47(56)50-33-34-51-48-24-10-15-29-57(48)63(60(51)59(50)62)54-26-12-8-18-41(54)38-30-32-46-44-21-5-4-19-42(44)43-20-6-7-22-45(43)52(46)36-38/h1-37H. The Hall–Kier alpha value is -8.40. The molecule has 14 aromatic rings. The minimum absolute atomic E-state index is 1.14. The van der Waals surface area contributed by atoms with Gasteiger partial charge in [0.25, 0.3) is 0 Å². The summed E-state index contributed by atoms with van der Waals surface area (Å²) in [6, 6.07) is 82.8. The molecule has 3 heteroatoms. The summed E-state index contributed by atoms with van der Waals surface area (Å²) in [5.41, 5.74) is 13.0. The molecule has 14 rings (SSSR count). The number of aromatic nitrogens is 3. The van der Waals surface area contributed by atoms with Crippen molar-refractivity contribution >= 4 is 97.7 Å². The fraction of sp³-hybridized carbons (Fsp3) is 0. The lowest BCUT2D eigenvalue weighted by atomic mass is 9.92. The van der Waals surface area contributed by atoms with Gasteiger partial charge < -0.3 is 13.7 Å². The van der Waals surface area contributed by atoms with E-state index in [9.17, 15) is 0 Å². The third kappa shape index (κ3) is 4.79. The molecule has 0 aliphatic rings. The molecule has 0 radical (unpaired) electrons. The highest BCUT2D eigenvalue weighted by Gasteiger charge is 2.23. The lowest BCUT2D eigenvalue weighted by Crippen LogP contribution is -2.00. The largest absolute Gasteiger partial charge is 0.309 e. The molecule has 0 fully saturated rings. The normalized spacial score (nSPS) is 12.1. The quantitative estimate of drug-likeness (QED) is 0.158. The molecule has 11 aromatic carbocycles. The number of benzene rings is 11. The van der Waals surface area contributed by atoms with Gasteiger partial charge in [-0.05, 0) is 98.5 Å². The van der Waals surface area contributed by atoms with Gasteiger partial charge in [-0.1, -0.05) is 164 Å². The van der Waals surface area contributed by atoms with E-state index in [-0.39, 0.29) is 0 Å². The number of hydrogen-bond acceptors (Lipinski definition) is 0. The van der Waals surface area contributed by atoms with Crippen LogP contribution in [-0.2, 0) is 0 Å². The van der Waals surface area contributed by atoms with Crippen molar-refractivity contribution in [1.82, 2.24) is 13.7 Å². The summed E-state index contributed by atoms with van der Waals surface area (Å²) < 4.78 is 7.46. The predicted molar refractivity (Wildman–Crippen MR) is 267 cm³/mol. The minimum Gasteiger partial charge on any atom is -0.309 e. The Morgan fingerprint density at radius 1 is 0.222 bits per heavy atom. The molecule has 0 saturated heterocycles. The highest BCUT2D eigenvalue weighted by Crippen LogP contribution is 2.45. The average Bonchev–Trinajstić information content (AvgIpc) is 4.00. The Morgan fingerprint density at radius 2 is 0.667 bits per heavy atom. The van der Waals surface area contributed by atoms with Crippen LogP contribution >= 0.6 is 0 Å². The van der Waals surface area contributed by atoms with Gasteiger partial charge in [-0.3, -0.25) is 0 Å². The molecule has 63 heavy (non-hydrogen) atoms. The van der Waals surface area contributed by atoms with Crippen LogP contribution in [0.1, 0.15) is 0 Å². The molecule has 3 heterocycles. The van der Waals surface area contributed by atoms with Crippen LogP contribution in [0.3, 0.4) is 0 Å². The fourth-order valence-electron chi connectivity index (χ4n) is 11.0. The van der Waals surface area contributed by atoms with Crippen molar-refractivity contribution in [2.24, 2.45) is 0 Å². The van der Waals surface area contributed by atoms with Crippen LogP contribution in [0.5, 0.6) is 0 Å². The molecular formula is C60H37N3. The SMILES string of the molecule is c1ccc(-n2c3ccccc3c3cc(-n4c5ccccc5c5ccc6c7ccccc7n(-c7ccccc7-c7ccc8c9ccccc9c9ccccc9c8c7)c6c54)ccc32)cc1. The maximum atomic E-state index is 2.54. The van der Waals surface area contributed by atoms with E-state index in [0.29, 0.717) is 0 Å². The summed E-state index contributed by atoms with van der Waals surface area (Å²) >= 11 is 0. The molecule has 0 amide bonds. The molecule has 292 valence electrons. The van der Waals surface area contributed by atoms with E-state index in [4.69, 9.17) is 0 Å². The third-order valence-corrected chi connectivity index (χ3v) is 13.6. The van der Waals surface area contributed by atoms with Gasteiger partial charge in [-0.2, -0.15) is 0 Å². The second kappa shape index (κ2) is 13.1. The Kier molecular flexibility index (Phi) is 7.11. The molecule has 0 aliphatic carbocycles. The second-order valence-corrected chi connectivity index (χ2v) is 16.8. The Labute approximate surface area is 362 Å². The van der Waals surface area contributed by atoms with E-state index < -0.39 is 0 Å². The topological polar surface area (TPSA) is 14.8 Å². The predicted octanol–water partition coefficient (Wildman–Crippen LogP) is 16.1. The van der Waals surface area contributed by atoms with Gasteiger partial charge in [-0.25, -0.2) is 0 Å². The average molecular weight is 800 g/mol. The van der Waals surface area contributed by atoms with Gasteiger partial charge in [-0.15, -0.1) is 0 Å². The highest BCUT2D eigenvalue weighted by atomic mass is 15.0. The highest BCUT2D eigenvalue weighted by molar-refractivity contribution is 6.27. The number of rotatable bonds is 4. The van der Waals surface area contributed by atoms with Crippen LogP contribution in [0.2, 0.25) is 0 Å². The molecule has 3 aromatic heterocycles. The van der Waals surface area contributed by atoms with Crippen LogP contribution < -0.4 is 0 Å². The van der Waals surface area contributed by atoms with Crippen LogP contribution in [0.4, 0.5) is 0 Å². The first-order valence-electron chi connectivity index (χ1n) is 21.8. The Morgan fingerprint density at radius 3 is 1.32 bits per heavy atom. The molecule has 0 aliphatic heterocycles. The van der Waals surface area contributed by atoms with Gasteiger partial charge >= 0.3 is 0 Å². The van der Waals surface area contributed by atoms with E-state index in [0.717, 1.165) is 17.1 Å². The molecule has 0 bridgehead atoms. The maximum Gasteiger partial charge on any atom is 0.0789 e. The van der Waals surface area contributed by atoms with Gasteiger partial charge in [0.15, 0.2) is 0 Å². The Balaban J connectivity index is 1.08. The molecule has 3 nitrogen and oxygen atoms in total. The van der Waals surface area contributed by atoms with Crippen molar-refractivity contribution < 1.29 is 0 Å². The van der Waals surface area contributed by atoms with E-state index in [1.165, 1.54) is 109 Å². The Bertz CT molecular complexity index is 4160.